The highest BCUT2D eigenvalue weighted by Crippen LogP contribution is 2.31. The first kappa shape index (κ1) is 13.8. The Hall–Kier alpha value is -2.13. The number of rotatable bonds is 4. The molecule has 1 heterocycles. The van der Waals surface area contributed by atoms with Crippen LogP contribution in [0, 0.1) is 12.7 Å². The van der Waals surface area contributed by atoms with Crippen molar-refractivity contribution in [1.82, 2.24) is 5.32 Å². The van der Waals surface area contributed by atoms with Gasteiger partial charge in [0, 0.05) is 5.39 Å². The van der Waals surface area contributed by atoms with Crippen molar-refractivity contribution in [3.05, 3.63) is 71.4 Å². The van der Waals surface area contributed by atoms with Crippen LogP contribution in [0.2, 0.25) is 0 Å². The third-order valence-corrected chi connectivity index (χ3v) is 3.67. The largest absolute Gasteiger partial charge is 0.464 e. The zero-order valence-electron chi connectivity index (χ0n) is 12.2. The second kappa shape index (κ2) is 5.70. The predicted molar refractivity (Wildman–Crippen MR) is 82.9 cm³/mol. The lowest BCUT2D eigenvalue weighted by Gasteiger charge is -2.18. The summed E-state index contributed by atoms with van der Waals surface area (Å²) in [7, 11) is 0. The standard InChI is InChI=1S/C18H18FNO/c1-3-20-18(17-11-8-12(2)21-17)15-9-10-16(19)14-7-5-4-6-13(14)15/h4-11,18,20H,3H2,1-2H3. The van der Waals surface area contributed by atoms with Crippen molar-refractivity contribution in [2.24, 2.45) is 0 Å². The maximum atomic E-state index is 14.0. The summed E-state index contributed by atoms with van der Waals surface area (Å²) in [5.74, 6) is 1.53. The minimum atomic E-state index is -0.194. The van der Waals surface area contributed by atoms with E-state index in [-0.39, 0.29) is 11.9 Å². The Morgan fingerprint density at radius 2 is 1.81 bits per heavy atom. The summed E-state index contributed by atoms with van der Waals surface area (Å²) in [5, 5.41) is 4.98. The number of furan rings is 1. The molecule has 108 valence electrons. The average molecular weight is 283 g/mol. The number of nitrogens with one attached hydrogen (secondary N) is 1. The molecule has 1 unspecified atom stereocenters. The van der Waals surface area contributed by atoms with Crippen LogP contribution >= 0.6 is 0 Å². The fourth-order valence-electron chi connectivity index (χ4n) is 2.71. The molecule has 3 aromatic rings. The zero-order chi connectivity index (χ0) is 14.8. The molecule has 0 aliphatic carbocycles. The summed E-state index contributed by atoms with van der Waals surface area (Å²) >= 11 is 0. The molecule has 0 fully saturated rings. The smallest absolute Gasteiger partial charge is 0.131 e. The van der Waals surface area contributed by atoms with Gasteiger partial charge in [-0.2, -0.15) is 0 Å². The van der Waals surface area contributed by atoms with Gasteiger partial charge in [0.2, 0.25) is 0 Å². The van der Waals surface area contributed by atoms with Crippen LogP contribution in [0.15, 0.2) is 52.9 Å². The van der Waals surface area contributed by atoms with Crippen LogP contribution in [-0.4, -0.2) is 6.54 Å². The van der Waals surface area contributed by atoms with E-state index in [1.165, 1.54) is 6.07 Å². The molecule has 0 aliphatic heterocycles. The van der Waals surface area contributed by atoms with E-state index in [1.807, 2.05) is 49.4 Å². The lowest BCUT2D eigenvalue weighted by Crippen LogP contribution is -2.21. The van der Waals surface area contributed by atoms with Gasteiger partial charge < -0.3 is 9.73 Å². The van der Waals surface area contributed by atoms with Crippen LogP contribution in [0.25, 0.3) is 10.8 Å². The Labute approximate surface area is 123 Å². The molecule has 3 rings (SSSR count). The third-order valence-electron chi connectivity index (χ3n) is 3.67. The maximum absolute atomic E-state index is 14.0. The molecule has 0 saturated carbocycles. The SMILES string of the molecule is CCNC(c1ccc(C)o1)c1ccc(F)c2ccccc12. The van der Waals surface area contributed by atoms with E-state index in [2.05, 4.69) is 12.2 Å². The highest BCUT2D eigenvalue weighted by atomic mass is 19.1. The Kier molecular flexibility index (Phi) is 3.76. The fraction of sp³-hybridized carbons (Fsp3) is 0.222. The van der Waals surface area contributed by atoms with Gasteiger partial charge in [0.05, 0.1) is 6.04 Å². The summed E-state index contributed by atoms with van der Waals surface area (Å²) in [6.07, 6.45) is 0. The molecule has 0 bridgehead atoms. The first-order valence-electron chi connectivity index (χ1n) is 7.17. The monoisotopic (exact) mass is 283 g/mol. The number of aryl methyl sites for hydroxylation is 1. The second-order valence-electron chi connectivity index (χ2n) is 5.12. The Morgan fingerprint density at radius 1 is 1.05 bits per heavy atom. The third kappa shape index (κ3) is 2.57. The van der Waals surface area contributed by atoms with E-state index in [9.17, 15) is 4.39 Å². The van der Waals surface area contributed by atoms with E-state index >= 15 is 0 Å². The molecule has 0 saturated heterocycles. The van der Waals surface area contributed by atoms with E-state index < -0.39 is 0 Å². The molecule has 0 spiro atoms. The summed E-state index contributed by atoms with van der Waals surface area (Å²) in [4.78, 5) is 0. The molecule has 1 aromatic heterocycles. The normalized spacial score (nSPS) is 12.7. The molecule has 1 N–H and O–H groups in total. The number of benzene rings is 2. The van der Waals surface area contributed by atoms with E-state index in [0.717, 1.165) is 29.0 Å². The van der Waals surface area contributed by atoms with Gasteiger partial charge in [-0.05, 0) is 42.6 Å². The van der Waals surface area contributed by atoms with Gasteiger partial charge in [-0.3, -0.25) is 0 Å². The van der Waals surface area contributed by atoms with Crippen LogP contribution in [0.3, 0.4) is 0 Å². The van der Waals surface area contributed by atoms with Gasteiger partial charge in [0.25, 0.3) is 0 Å². The predicted octanol–water partition coefficient (Wildman–Crippen LogP) is 4.58. The van der Waals surface area contributed by atoms with Crippen LogP contribution < -0.4 is 5.32 Å². The molecule has 0 aliphatic rings. The highest BCUT2D eigenvalue weighted by molar-refractivity contribution is 5.87. The van der Waals surface area contributed by atoms with Crippen molar-refractivity contribution in [3.63, 3.8) is 0 Å². The lowest BCUT2D eigenvalue weighted by atomic mass is 9.97. The van der Waals surface area contributed by atoms with Crippen LogP contribution in [0.1, 0.15) is 30.0 Å². The summed E-state index contributed by atoms with van der Waals surface area (Å²) in [5.41, 5.74) is 1.03. The Morgan fingerprint density at radius 3 is 2.48 bits per heavy atom. The van der Waals surface area contributed by atoms with Gasteiger partial charge in [0.1, 0.15) is 17.3 Å². The topological polar surface area (TPSA) is 25.2 Å². The maximum Gasteiger partial charge on any atom is 0.131 e. The van der Waals surface area contributed by atoms with Gasteiger partial charge in [-0.1, -0.05) is 37.3 Å². The number of hydrogen-bond donors (Lipinski definition) is 1. The van der Waals surface area contributed by atoms with Gasteiger partial charge >= 0.3 is 0 Å². The number of fused-ring (bicyclic) bond motifs is 1. The van der Waals surface area contributed by atoms with Crippen molar-refractivity contribution in [2.45, 2.75) is 19.9 Å². The highest BCUT2D eigenvalue weighted by Gasteiger charge is 2.19. The number of halogens is 1. The molecule has 0 amide bonds. The quantitative estimate of drug-likeness (QED) is 0.758. The van der Waals surface area contributed by atoms with Crippen molar-refractivity contribution in [3.8, 4) is 0 Å². The first-order valence-corrected chi connectivity index (χ1v) is 7.17. The zero-order valence-corrected chi connectivity index (χ0v) is 12.2. The minimum absolute atomic E-state index is 0.0748. The minimum Gasteiger partial charge on any atom is -0.464 e. The molecule has 2 nitrogen and oxygen atoms in total. The Bertz CT molecular complexity index is 763. The molecule has 1 atom stereocenters. The van der Waals surface area contributed by atoms with Gasteiger partial charge in [-0.25, -0.2) is 4.39 Å². The summed E-state index contributed by atoms with van der Waals surface area (Å²) in [6.45, 7) is 4.78. The van der Waals surface area contributed by atoms with E-state index in [1.54, 1.807) is 0 Å². The summed E-state index contributed by atoms with van der Waals surface area (Å²) in [6, 6.07) is 14.8. The Balaban J connectivity index is 2.18. The molecule has 21 heavy (non-hydrogen) atoms. The average Bonchev–Trinajstić information content (AvgIpc) is 2.92. The fourth-order valence-corrected chi connectivity index (χ4v) is 2.71. The first-order chi connectivity index (χ1) is 10.2. The molecular weight excluding hydrogens is 265 g/mol. The van der Waals surface area contributed by atoms with Crippen molar-refractivity contribution in [1.29, 1.82) is 0 Å². The molecule has 2 aromatic carbocycles. The molecular formula is C18H18FNO. The van der Waals surface area contributed by atoms with Crippen LogP contribution in [-0.2, 0) is 0 Å². The van der Waals surface area contributed by atoms with Crippen molar-refractivity contribution < 1.29 is 8.81 Å². The second-order valence-corrected chi connectivity index (χ2v) is 5.12. The van der Waals surface area contributed by atoms with E-state index in [0.29, 0.717) is 5.39 Å². The van der Waals surface area contributed by atoms with E-state index in [4.69, 9.17) is 4.42 Å². The van der Waals surface area contributed by atoms with Crippen LogP contribution in [0.5, 0.6) is 0 Å². The lowest BCUT2D eigenvalue weighted by molar-refractivity contribution is 0.436. The number of hydrogen-bond acceptors (Lipinski definition) is 2. The van der Waals surface area contributed by atoms with Gasteiger partial charge in [0.15, 0.2) is 0 Å². The van der Waals surface area contributed by atoms with Crippen molar-refractivity contribution >= 4 is 10.8 Å². The molecule has 0 radical (unpaired) electrons. The van der Waals surface area contributed by atoms with Crippen molar-refractivity contribution in [2.75, 3.05) is 6.54 Å². The van der Waals surface area contributed by atoms with Crippen LogP contribution in [0.4, 0.5) is 4.39 Å². The molecule has 3 heteroatoms. The van der Waals surface area contributed by atoms with Gasteiger partial charge in [-0.15, -0.1) is 0 Å². The summed E-state index contributed by atoms with van der Waals surface area (Å²) < 4.78 is 19.8.